The summed E-state index contributed by atoms with van der Waals surface area (Å²) in [5, 5.41) is 2.53. The molecule has 0 unspecified atom stereocenters. The Morgan fingerprint density at radius 1 is 1.08 bits per heavy atom. The van der Waals surface area contributed by atoms with Gasteiger partial charge < -0.3 is 10.1 Å². The number of carbonyl (C=O) groups is 1. The molecule has 0 saturated heterocycles. The predicted octanol–water partition coefficient (Wildman–Crippen LogP) is 2.92. The first-order chi connectivity index (χ1) is 11.6. The van der Waals surface area contributed by atoms with Gasteiger partial charge in [-0.25, -0.2) is 8.42 Å². The zero-order valence-corrected chi connectivity index (χ0v) is 13.8. The van der Waals surface area contributed by atoms with Crippen LogP contribution in [0.5, 0.6) is 5.75 Å². The van der Waals surface area contributed by atoms with Crippen molar-refractivity contribution in [2.45, 2.75) is 17.8 Å². The third-order valence-corrected chi connectivity index (χ3v) is 4.30. The van der Waals surface area contributed by atoms with Crippen LogP contribution in [0.1, 0.15) is 15.9 Å². The Hall–Kier alpha value is -2.55. The van der Waals surface area contributed by atoms with Crippen LogP contribution < -0.4 is 10.1 Å². The molecule has 0 radical (unpaired) electrons. The molecule has 9 heteroatoms. The predicted molar refractivity (Wildman–Crippen MR) is 83.8 cm³/mol. The van der Waals surface area contributed by atoms with Crippen molar-refractivity contribution in [2.75, 3.05) is 6.26 Å². The largest absolute Gasteiger partial charge is 0.573 e. The molecule has 0 saturated carbocycles. The lowest BCUT2D eigenvalue weighted by molar-refractivity contribution is -0.274. The van der Waals surface area contributed by atoms with E-state index in [1.165, 1.54) is 36.4 Å². The van der Waals surface area contributed by atoms with E-state index in [-0.39, 0.29) is 22.8 Å². The molecule has 0 fully saturated rings. The zero-order chi connectivity index (χ0) is 18.7. The summed E-state index contributed by atoms with van der Waals surface area (Å²) in [6, 6.07) is 10.7. The van der Waals surface area contributed by atoms with Gasteiger partial charge in [0.05, 0.1) is 10.5 Å². The summed E-state index contributed by atoms with van der Waals surface area (Å²) in [5.41, 5.74) is 0.529. The molecule has 0 aliphatic rings. The highest BCUT2D eigenvalue weighted by Gasteiger charge is 2.30. The van der Waals surface area contributed by atoms with Crippen molar-refractivity contribution in [3.63, 3.8) is 0 Å². The highest BCUT2D eigenvalue weighted by atomic mass is 32.2. The van der Waals surface area contributed by atoms with Gasteiger partial charge in [0.2, 0.25) is 0 Å². The minimum absolute atomic E-state index is 0.00187. The average molecular weight is 373 g/mol. The summed E-state index contributed by atoms with van der Waals surface area (Å²) in [4.78, 5) is 12.1. The van der Waals surface area contributed by atoms with Crippen LogP contribution in [0.3, 0.4) is 0 Å². The molecule has 0 aliphatic carbocycles. The van der Waals surface area contributed by atoms with Gasteiger partial charge in [-0.15, -0.1) is 13.2 Å². The van der Waals surface area contributed by atoms with Crippen LogP contribution >= 0.6 is 0 Å². The Labute approximate surface area is 142 Å². The first kappa shape index (κ1) is 18.8. The first-order valence-electron chi connectivity index (χ1n) is 6.98. The monoisotopic (exact) mass is 373 g/mol. The fourth-order valence-electron chi connectivity index (χ4n) is 2.06. The molecular formula is C16H14F3NO4S. The summed E-state index contributed by atoms with van der Waals surface area (Å²) >= 11 is 0. The number of sulfone groups is 1. The number of amides is 1. The number of hydrogen-bond donors (Lipinski definition) is 1. The van der Waals surface area contributed by atoms with Gasteiger partial charge in [0.1, 0.15) is 5.75 Å². The molecule has 0 spiro atoms. The maximum Gasteiger partial charge on any atom is 0.573 e. The number of hydrogen-bond acceptors (Lipinski definition) is 4. The quantitative estimate of drug-likeness (QED) is 0.875. The maximum absolute atomic E-state index is 12.2. The summed E-state index contributed by atoms with van der Waals surface area (Å²) in [7, 11) is -3.57. The Balaban J connectivity index is 2.06. The molecule has 2 rings (SSSR count). The Kier molecular flexibility index (Phi) is 5.36. The lowest BCUT2D eigenvalue weighted by atomic mass is 10.2. The van der Waals surface area contributed by atoms with E-state index < -0.39 is 22.1 Å². The SMILES string of the molecule is CS(=O)(=O)c1ccccc1C(=O)NCc1ccc(OC(F)(F)F)cc1. The van der Waals surface area contributed by atoms with Gasteiger partial charge >= 0.3 is 6.36 Å². The zero-order valence-electron chi connectivity index (χ0n) is 13.0. The number of nitrogens with one attached hydrogen (secondary N) is 1. The summed E-state index contributed by atoms with van der Waals surface area (Å²) < 4.78 is 63.4. The molecule has 1 amide bonds. The number of halogens is 3. The fraction of sp³-hybridized carbons (Fsp3) is 0.188. The number of carbonyl (C=O) groups excluding carboxylic acids is 1. The number of ether oxygens (including phenoxy) is 1. The van der Waals surface area contributed by atoms with Gasteiger partial charge in [0.25, 0.3) is 5.91 Å². The molecule has 1 N–H and O–H groups in total. The lowest BCUT2D eigenvalue weighted by Crippen LogP contribution is -2.24. The number of benzene rings is 2. The van der Waals surface area contributed by atoms with E-state index >= 15 is 0 Å². The maximum atomic E-state index is 12.2. The minimum atomic E-state index is -4.77. The molecule has 0 aliphatic heterocycles. The highest BCUT2D eigenvalue weighted by molar-refractivity contribution is 7.90. The summed E-state index contributed by atoms with van der Waals surface area (Å²) in [6.45, 7) is 0.0171. The smallest absolute Gasteiger partial charge is 0.406 e. The topological polar surface area (TPSA) is 72.5 Å². The van der Waals surface area contributed by atoms with Gasteiger partial charge in [0.15, 0.2) is 9.84 Å². The van der Waals surface area contributed by atoms with E-state index in [1.807, 2.05) is 0 Å². The van der Waals surface area contributed by atoms with Crippen molar-refractivity contribution in [1.82, 2.24) is 5.32 Å². The Bertz CT molecular complexity index is 862. The molecule has 2 aromatic carbocycles. The molecule has 0 aromatic heterocycles. The first-order valence-corrected chi connectivity index (χ1v) is 8.87. The average Bonchev–Trinajstić information content (AvgIpc) is 2.51. The second kappa shape index (κ2) is 7.14. The fourth-order valence-corrected chi connectivity index (χ4v) is 2.95. The van der Waals surface area contributed by atoms with E-state index in [0.717, 1.165) is 18.4 Å². The molecule has 134 valence electrons. The van der Waals surface area contributed by atoms with Crippen LogP contribution in [0.4, 0.5) is 13.2 Å². The molecular weight excluding hydrogens is 359 g/mol. The molecule has 0 atom stereocenters. The Morgan fingerprint density at radius 2 is 1.68 bits per heavy atom. The number of alkyl halides is 3. The van der Waals surface area contributed by atoms with Crippen LogP contribution in [0, 0.1) is 0 Å². The van der Waals surface area contributed by atoms with Gasteiger partial charge in [-0.05, 0) is 29.8 Å². The van der Waals surface area contributed by atoms with Crippen molar-refractivity contribution in [3.8, 4) is 5.75 Å². The van der Waals surface area contributed by atoms with Crippen molar-refractivity contribution in [3.05, 3.63) is 59.7 Å². The Morgan fingerprint density at radius 3 is 2.24 bits per heavy atom. The van der Waals surface area contributed by atoms with Crippen molar-refractivity contribution >= 4 is 15.7 Å². The van der Waals surface area contributed by atoms with Crippen LogP contribution in [-0.4, -0.2) is 26.9 Å². The van der Waals surface area contributed by atoms with Gasteiger partial charge in [-0.3, -0.25) is 4.79 Å². The van der Waals surface area contributed by atoms with E-state index in [9.17, 15) is 26.4 Å². The summed E-state index contributed by atoms with van der Waals surface area (Å²) in [6.07, 6.45) is -3.77. The lowest BCUT2D eigenvalue weighted by Gasteiger charge is -2.11. The normalized spacial score (nSPS) is 11.8. The van der Waals surface area contributed by atoms with Crippen LogP contribution in [0.2, 0.25) is 0 Å². The van der Waals surface area contributed by atoms with Gasteiger partial charge in [-0.2, -0.15) is 0 Å². The van der Waals surface area contributed by atoms with Crippen LogP contribution in [0.15, 0.2) is 53.4 Å². The van der Waals surface area contributed by atoms with E-state index in [4.69, 9.17) is 0 Å². The van der Waals surface area contributed by atoms with Gasteiger partial charge in [0, 0.05) is 12.8 Å². The second-order valence-corrected chi connectivity index (χ2v) is 7.13. The number of rotatable bonds is 5. The summed E-state index contributed by atoms with van der Waals surface area (Å²) in [5.74, 6) is -0.971. The minimum Gasteiger partial charge on any atom is -0.406 e. The third-order valence-electron chi connectivity index (χ3n) is 3.14. The van der Waals surface area contributed by atoms with E-state index in [1.54, 1.807) is 0 Å². The van der Waals surface area contributed by atoms with E-state index in [0.29, 0.717) is 5.56 Å². The third kappa shape index (κ3) is 5.49. The van der Waals surface area contributed by atoms with Crippen LogP contribution in [-0.2, 0) is 16.4 Å². The molecule has 0 heterocycles. The molecule has 5 nitrogen and oxygen atoms in total. The molecule has 25 heavy (non-hydrogen) atoms. The molecule has 2 aromatic rings. The highest BCUT2D eigenvalue weighted by Crippen LogP contribution is 2.22. The second-order valence-electron chi connectivity index (χ2n) is 5.14. The molecule has 0 bridgehead atoms. The van der Waals surface area contributed by atoms with Crippen LogP contribution in [0.25, 0.3) is 0 Å². The van der Waals surface area contributed by atoms with Gasteiger partial charge in [-0.1, -0.05) is 24.3 Å². The van der Waals surface area contributed by atoms with E-state index in [2.05, 4.69) is 10.1 Å². The standard InChI is InChI=1S/C16H14F3NO4S/c1-25(22,23)14-5-3-2-4-13(14)15(21)20-10-11-6-8-12(9-7-11)24-16(17,18)19/h2-9H,10H2,1H3,(H,20,21). The van der Waals surface area contributed by atoms with Crippen molar-refractivity contribution < 1.29 is 31.1 Å². The van der Waals surface area contributed by atoms with Crippen molar-refractivity contribution in [1.29, 1.82) is 0 Å². The van der Waals surface area contributed by atoms with Crippen molar-refractivity contribution in [2.24, 2.45) is 0 Å².